The van der Waals surface area contributed by atoms with E-state index in [1.807, 2.05) is 31.2 Å². The Bertz CT molecular complexity index is 296. The quantitative estimate of drug-likeness (QED) is 0.486. The molecule has 0 spiro atoms. The lowest BCUT2D eigenvalue weighted by molar-refractivity contribution is -0.112. The third-order valence-corrected chi connectivity index (χ3v) is 2.19. The Morgan fingerprint density at radius 3 is 2.42 bits per heavy atom. The third kappa shape index (κ3) is 1.04. The van der Waals surface area contributed by atoms with E-state index in [0.717, 1.165) is 11.8 Å². The molecular formula is C10H10O2. The van der Waals surface area contributed by atoms with Gasteiger partial charge in [0, 0.05) is 0 Å². The van der Waals surface area contributed by atoms with Crippen LogP contribution in [0.1, 0.15) is 11.1 Å². The minimum absolute atomic E-state index is 0.527. The summed E-state index contributed by atoms with van der Waals surface area (Å²) in [5, 5.41) is 0. The first-order chi connectivity index (χ1) is 5.77. The minimum Gasteiger partial charge on any atom is -0.356 e. The van der Waals surface area contributed by atoms with E-state index in [-0.39, 0.29) is 0 Å². The van der Waals surface area contributed by atoms with Gasteiger partial charge < -0.3 is 4.74 Å². The van der Waals surface area contributed by atoms with Crippen LogP contribution in [0.25, 0.3) is 0 Å². The van der Waals surface area contributed by atoms with Gasteiger partial charge in [0.05, 0.1) is 6.61 Å². The minimum atomic E-state index is -0.603. The molecule has 2 rings (SSSR count). The van der Waals surface area contributed by atoms with Gasteiger partial charge >= 0.3 is 0 Å². The molecule has 12 heavy (non-hydrogen) atoms. The second-order valence-corrected chi connectivity index (χ2v) is 3.16. The molecule has 1 aliphatic heterocycles. The highest BCUT2D eigenvalue weighted by molar-refractivity contribution is 5.69. The molecule has 2 nitrogen and oxygen atoms in total. The largest absolute Gasteiger partial charge is 0.356 e. The number of hydrogen-bond acceptors (Lipinski definition) is 2. The predicted molar refractivity (Wildman–Crippen MR) is 44.9 cm³/mol. The zero-order valence-electron chi connectivity index (χ0n) is 6.91. The molecule has 0 bridgehead atoms. The number of carbonyl (C=O) groups is 1. The molecule has 2 heteroatoms. The number of rotatable bonds is 2. The summed E-state index contributed by atoms with van der Waals surface area (Å²) in [6.07, 6.45) is 0.873. The Morgan fingerprint density at radius 1 is 1.42 bits per heavy atom. The summed E-state index contributed by atoms with van der Waals surface area (Å²) in [5.41, 5.74) is 1.55. The molecule has 1 aromatic rings. The van der Waals surface area contributed by atoms with Crippen molar-refractivity contribution in [1.82, 2.24) is 0 Å². The van der Waals surface area contributed by atoms with Crippen LogP contribution in [0.4, 0.5) is 0 Å². The van der Waals surface area contributed by atoms with Gasteiger partial charge in [-0.1, -0.05) is 29.8 Å². The smallest absolute Gasteiger partial charge is 0.171 e. The predicted octanol–water partition coefficient (Wildman–Crippen LogP) is 1.42. The van der Waals surface area contributed by atoms with Crippen LogP contribution < -0.4 is 0 Å². The van der Waals surface area contributed by atoms with Gasteiger partial charge in [-0.3, -0.25) is 4.79 Å². The Hall–Kier alpha value is -1.15. The molecule has 0 radical (unpaired) electrons. The fourth-order valence-electron chi connectivity index (χ4n) is 1.22. The number of carbonyl (C=O) groups excluding carboxylic acids is 1. The molecule has 0 N–H and O–H groups in total. The second-order valence-electron chi connectivity index (χ2n) is 3.16. The van der Waals surface area contributed by atoms with E-state index in [9.17, 15) is 4.79 Å². The summed E-state index contributed by atoms with van der Waals surface area (Å²) in [7, 11) is 0. The van der Waals surface area contributed by atoms with Crippen molar-refractivity contribution in [2.75, 3.05) is 6.61 Å². The highest BCUT2D eigenvalue weighted by Crippen LogP contribution is 2.36. The first-order valence-corrected chi connectivity index (χ1v) is 3.94. The second kappa shape index (κ2) is 2.42. The van der Waals surface area contributed by atoms with Crippen molar-refractivity contribution < 1.29 is 9.53 Å². The van der Waals surface area contributed by atoms with Gasteiger partial charge in [-0.15, -0.1) is 0 Å². The van der Waals surface area contributed by atoms with Crippen LogP contribution in [-0.2, 0) is 15.1 Å². The maximum absolute atomic E-state index is 10.6. The maximum Gasteiger partial charge on any atom is 0.171 e. The molecule has 1 saturated heterocycles. The lowest BCUT2D eigenvalue weighted by atomic mass is 10.0. The van der Waals surface area contributed by atoms with E-state index in [1.54, 1.807) is 0 Å². The van der Waals surface area contributed by atoms with Gasteiger partial charge in [0.25, 0.3) is 0 Å². The number of epoxide rings is 1. The van der Waals surface area contributed by atoms with Crippen LogP contribution in [0.3, 0.4) is 0 Å². The standard InChI is InChI=1S/C10H10O2/c1-8-2-4-9(5-3-8)10(6-11)7-12-10/h2-6H,7H2,1H3. The van der Waals surface area contributed by atoms with E-state index >= 15 is 0 Å². The van der Waals surface area contributed by atoms with Crippen LogP contribution in [0, 0.1) is 6.92 Å². The third-order valence-electron chi connectivity index (χ3n) is 2.19. The number of aldehydes is 1. The van der Waals surface area contributed by atoms with Crippen molar-refractivity contribution in [1.29, 1.82) is 0 Å². The van der Waals surface area contributed by atoms with Crippen molar-refractivity contribution in [2.45, 2.75) is 12.5 Å². The molecule has 0 aromatic heterocycles. The fraction of sp³-hybridized carbons (Fsp3) is 0.300. The topological polar surface area (TPSA) is 29.6 Å². The molecule has 1 aliphatic rings. The van der Waals surface area contributed by atoms with Gasteiger partial charge in [0.2, 0.25) is 0 Å². The zero-order valence-corrected chi connectivity index (χ0v) is 6.91. The van der Waals surface area contributed by atoms with Crippen molar-refractivity contribution in [2.24, 2.45) is 0 Å². The van der Waals surface area contributed by atoms with Gasteiger partial charge in [-0.25, -0.2) is 0 Å². The SMILES string of the molecule is Cc1ccc(C2(C=O)CO2)cc1. The number of ether oxygens (including phenoxy) is 1. The van der Waals surface area contributed by atoms with Crippen LogP contribution in [0.5, 0.6) is 0 Å². The maximum atomic E-state index is 10.6. The number of hydrogen-bond donors (Lipinski definition) is 0. The average Bonchev–Trinajstić information content (AvgIpc) is 2.86. The van der Waals surface area contributed by atoms with Gasteiger partial charge in [0.1, 0.15) is 0 Å². The molecule has 1 unspecified atom stereocenters. The van der Waals surface area contributed by atoms with E-state index in [2.05, 4.69) is 0 Å². The summed E-state index contributed by atoms with van der Waals surface area (Å²) >= 11 is 0. The zero-order chi connectivity index (χ0) is 8.60. The van der Waals surface area contributed by atoms with E-state index in [0.29, 0.717) is 6.61 Å². The van der Waals surface area contributed by atoms with Gasteiger partial charge in [-0.05, 0) is 12.5 Å². The fourth-order valence-corrected chi connectivity index (χ4v) is 1.22. The van der Waals surface area contributed by atoms with Crippen molar-refractivity contribution in [3.8, 4) is 0 Å². The van der Waals surface area contributed by atoms with Crippen molar-refractivity contribution >= 4 is 6.29 Å². The molecule has 0 saturated carbocycles. The van der Waals surface area contributed by atoms with Crippen molar-refractivity contribution in [3.63, 3.8) is 0 Å². The normalized spacial score (nSPS) is 26.8. The Kier molecular flexibility index (Phi) is 1.51. The highest BCUT2D eigenvalue weighted by atomic mass is 16.6. The highest BCUT2D eigenvalue weighted by Gasteiger charge is 2.46. The average molecular weight is 162 g/mol. The number of aryl methyl sites for hydroxylation is 1. The Morgan fingerprint density at radius 2 is 2.00 bits per heavy atom. The number of benzene rings is 1. The molecule has 0 aliphatic carbocycles. The summed E-state index contributed by atoms with van der Waals surface area (Å²) in [6.45, 7) is 2.55. The Balaban J connectivity index is 2.35. The van der Waals surface area contributed by atoms with Crippen LogP contribution in [0.15, 0.2) is 24.3 Å². The summed E-state index contributed by atoms with van der Waals surface area (Å²) in [5.74, 6) is 0. The lowest BCUT2D eigenvalue weighted by Gasteiger charge is -2.03. The summed E-state index contributed by atoms with van der Waals surface area (Å²) in [4.78, 5) is 10.6. The monoisotopic (exact) mass is 162 g/mol. The molecule has 1 atom stereocenters. The molecule has 1 aromatic carbocycles. The summed E-state index contributed by atoms with van der Waals surface area (Å²) < 4.78 is 5.10. The molecule has 1 fully saturated rings. The Labute approximate surface area is 71.2 Å². The van der Waals surface area contributed by atoms with E-state index in [4.69, 9.17) is 4.74 Å². The molecular weight excluding hydrogens is 152 g/mol. The first kappa shape index (κ1) is 7.50. The van der Waals surface area contributed by atoms with E-state index < -0.39 is 5.60 Å². The molecule has 0 amide bonds. The van der Waals surface area contributed by atoms with E-state index in [1.165, 1.54) is 5.56 Å². The van der Waals surface area contributed by atoms with Gasteiger partial charge in [-0.2, -0.15) is 0 Å². The molecule has 1 heterocycles. The van der Waals surface area contributed by atoms with Crippen LogP contribution in [-0.4, -0.2) is 12.9 Å². The first-order valence-electron chi connectivity index (χ1n) is 3.94. The van der Waals surface area contributed by atoms with Crippen LogP contribution in [0.2, 0.25) is 0 Å². The van der Waals surface area contributed by atoms with Crippen LogP contribution >= 0.6 is 0 Å². The molecule has 62 valence electrons. The van der Waals surface area contributed by atoms with Gasteiger partial charge in [0.15, 0.2) is 11.9 Å². The lowest BCUT2D eigenvalue weighted by Crippen LogP contribution is -2.09. The van der Waals surface area contributed by atoms with Crippen molar-refractivity contribution in [3.05, 3.63) is 35.4 Å². The summed E-state index contributed by atoms with van der Waals surface area (Å²) in [6, 6.07) is 7.86.